The summed E-state index contributed by atoms with van der Waals surface area (Å²) in [6, 6.07) is 20.5. The number of hydrogen-bond acceptors (Lipinski definition) is 2. The zero-order valence-corrected chi connectivity index (χ0v) is 15.8. The van der Waals surface area contributed by atoms with Crippen LogP contribution in [0, 0.1) is 12.8 Å². The average Bonchev–Trinajstić information content (AvgIpc) is 2.65. The lowest BCUT2D eigenvalue weighted by atomic mass is 10.0. The highest BCUT2D eigenvalue weighted by atomic mass is 16.2. The van der Waals surface area contributed by atoms with Crippen molar-refractivity contribution in [2.24, 2.45) is 5.92 Å². The van der Waals surface area contributed by atoms with Crippen molar-refractivity contribution in [2.45, 2.75) is 26.8 Å². The van der Waals surface area contributed by atoms with Crippen molar-refractivity contribution in [1.82, 2.24) is 5.32 Å². The van der Waals surface area contributed by atoms with Crippen LogP contribution in [0.5, 0.6) is 0 Å². The van der Waals surface area contributed by atoms with E-state index in [9.17, 15) is 9.59 Å². The average molecular weight is 360 g/mol. The first-order chi connectivity index (χ1) is 13.0. The molecule has 27 heavy (non-hydrogen) atoms. The number of rotatable bonds is 5. The number of fused-ring (bicyclic) bond motifs is 1. The van der Waals surface area contributed by atoms with Gasteiger partial charge in [-0.3, -0.25) is 9.59 Å². The Labute approximate surface area is 159 Å². The monoisotopic (exact) mass is 360 g/mol. The summed E-state index contributed by atoms with van der Waals surface area (Å²) in [6.07, 6.45) is 0. The number of benzene rings is 3. The van der Waals surface area contributed by atoms with Gasteiger partial charge in [0, 0.05) is 11.3 Å². The maximum absolute atomic E-state index is 12.8. The Hall–Kier alpha value is -3.14. The van der Waals surface area contributed by atoms with Crippen LogP contribution in [0.1, 0.15) is 29.8 Å². The number of carbonyl (C=O) groups excluding carboxylic acids is 2. The number of hydrogen-bond donors (Lipinski definition) is 2. The minimum Gasteiger partial charge on any atom is -0.340 e. The van der Waals surface area contributed by atoms with Gasteiger partial charge in [0.15, 0.2) is 0 Å². The molecular formula is C23H24N2O2. The molecule has 0 radical (unpaired) electrons. The van der Waals surface area contributed by atoms with Crippen LogP contribution in [0.15, 0.2) is 66.7 Å². The normalized spacial score (nSPS) is 12.0. The number of carbonyl (C=O) groups is 2. The molecular weight excluding hydrogens is 336 g/mol. The van der Waals surface area contributed by atoms with Crippen molar-refractivity contribution in [2.75, 3.05) is 5.32 Å². The first-order valence-electron chi connectivity index (χ1n) is 9.12. The highest BCUT2D eigenvalue weighted by Crippen LogP contribution is 2.19. The van der Waals surface area contributed by atoms with Crippen molar-refractivity contribution < 1.29 is 9.59 Å². The Morgan fingerprint density at radius 2 is 1.52 bits per heavy atom. The Bertz CT molecular complexity index is 979. The molecule has 3 aromatic carbocycles. The van der Waals surface area contributed by atoms with Crippen LogP contribution in [0.25, 0.3) is 10.8 Å². The second-order valence-electron chi connectivity index (χ2n) is 7.06. The lowest BCUT2D eigenvalue weighted by Gasteiger charge is -2.22. The Morgan fingerprint density at radius 1 is 0.852 bits per heavy atom. The van der Waals surface area contributed by atoms with Gasteiger partial charge in [0.2, 0.25) is 5.91 Å². The molecule has 0 aromatic heterocycles. The molecule has 2 amide bonds. The Morgan fingerprint density at radius 3 is 2.22 bits per heavy atom. The summed E-state index contributed by atoms with van der Waals surface area (Å²) in [5, 5.41) is 7.98. The van der Waals surface area contributed by atoms with E-state index >= 15 is 0 Å². The molecule has 1 unspecified atom stereocenters. The second-order valence-corrected chi connectivity index (χ2v) is 7.06. The number of aryl methyl sites for hydroxylation is 1. The van der Waals surface area contributed by atoms with E-state index < -0.39 is 6.04 Å². The zero-order chi connectivity index (χ0) is 19.4. The summed E-state index contributed by atoms with van der Waals surface area (Å²) < 4.78 is 0. The summed E-state index contributed by atoms with van der Waals surface area (Å²) >= 11 is 0. The Balaban J connectivity index is 1.76. The Kier molecular flexibility index (Phi) is 5.55. The van der Waals surface area contributed by atoms with Crippen LogP contribution >= 0.6 is 0 Å². The molecule has 0 aliphatic heterocycles. The molecule has 1 atom stereocenters. The van der Waals surface area contributed by atoms with E-state index in [-0.39, 0.29) is 17.7 Å². The van der Waals surface area contributed by atoms with Crippen LogP contribution in [0.4, 0.5) is 5.69 Å². The van der Waals surface area contributed by atoms with Crippen LogP contribution < -0.4 is 10.6 Å². The van der Waals surface area contributed by atoms with E-state index in [1.807, 2.05) is 81.4 Å². The number of nitrogens with one attached hydrogen (secondary N) is 2. The van der Waals surface area contributed by atoms with Crippen LogP contribution in [-0.4, -0.2) is 17.9 Å². The highest BCUT2D eigenvalue weighted by Gasteiger charge is 2.25. The summed E-state index contributed by atoms with van der Waals surface area (Å²) in [6.45, 7) is 5.72. The first kappa shape index (κ1) is 18.6. The molecule has 0 aliphatic carbocycles. The minimum atomic E-state index is -0.622. The third kappa shape index (κ3) is 4.34. The lowest BCUT2D eigenvalue weighted by Crippen LogP contribution is -2.47. The fraction of sp³-hybridized carbons (Fsp3) is 0.217. The van der Waals surface area contributed by atoms with Gasteiger partial charge in [0.1, 0.15) is 6.04 Å². The molecule has 4 heteroatoms. The topological polar surface area (TPSA) is 58.2 Å². The lowest BCUT2D eigenvalue weighted by molar-refractivity contribution is -0.118. The largest absolute Gasteiger partial charge is 0.340 e. The van der Waals surface area contributed by atoms with Crippen LogP contribution in [0.2, 0.25) is 0 Å². The summed E-state index contributed by atoms with van der Waals surface area (Å²) in [5.41, 5.74) is 2.18. The van der Waals surface area contributed by atoms with Crippen LogP contribution in [0.3, 0.4) is 0 Å². The van der Waals surface area contributed by atoms with Gasteiger partial charge in [-0.2, -0.15) is 0 Å². The minimum absolute atomic E-state index is 0.0431. The highest BCUT2D eigenvalue weighted by molar-refractivity contribution is 6.02. The van der Waals surface area contributed by atoms with Gasteiger partial charge in [0.25, 0.3) is 5.91 Å². The van der Waals surface area contributed by atoms with E-state index in [1.54, 1.807) is 6.07 Å². The fourth-order valence-corrected chi connectivity index (χ4v) is 3.07. The molecule has 0 aliphatic rings. The van der Waals surface area contributed by atoms with Crippen molar-refractivity contribution in [3.63, 3.8) is 0 Å². The smallest absolute Gasteiger partial charge is 0.252 e. The third-order valence-corrected chi connectivity index (χ3v) is 4.64. The van der Waals surface area contributed by atoms with Gasteiger partial charge in [0.05, 0.1) is 0 Å². The van der Waals surface area contributed by atoms with Crippen LogP contribution in [-0.2, 0) is 4.79 Å². The molecule has 138 valence electrons. The maximum Gasteiger partial charge on any atom is 0.252 e. The molecule has 0 heterocycles. The van der Waals surface area contributed by atoms with Gasteiger partial charge < -0.3 is 10.6 Å². The number of amides is 2. The maximum atomic E-state index is 12.8. The zero-order valence-electron chi connectivity index (χ0n) is 15.8. The van der Waals surface area contributed by atoms with Crippen molar-refractivity contribution >= 4 is 28.3 Å². The fourth-order valence-electron chi connectivity index (χ4n) is 3.07. The summed E-state index contributed by atoms with van der Waals surface area (Å²) in [4.78, 5) is 25.4. The second kappa shape index (κ2) is 8.04. The van der Waals surface area contributed by atoms with Gasteiger partial charge in [-0.1, -0.05) is 62.4 Å². The van der Waals surface area contributed by atoms with E-state index in [0.717, 1.165) is 22.0 Å². The molecule has 0 saturated heterocycles. The quantitative estimate of drug-likeness (QED) is 0.702. The molecule has 0 spiro atoms. The van der Waals surface area contributed by atoms with Crippen molar-refractivity contribution in [1.29, 1.82) is 0 Å². The van der Waals surface area contributed by atoms with Gasteiger partial charge in [-0.05, 0) is 47.4 Å². The number of anilines is 1. The molecule has 0 bridgehead atoms. The molecule has 0 saturated carbocycles. The predicted molar refractivity (Wildman–Crippen MR) is 110 cm³/mol. The summed E-state index contributed by atoms with van der Waals surface area (Å²) in [7, 11) is 0. The molecule has 4 nitrogen and oxygen atoms in total. The standard InChI is InChI=1S/C23H24N2O2/c1-15(2)21(25-22(26)20-11-7-4-8-16(20)3)23(27)24-19-13-12-17-9-5-6-10-18(17)14-19/h4-15,21H,1-3H3,(H,24,27)(H,25,26). The SMILES string of the molecule is Cc1ccccc1C(=O)NC(C(=O)Nc1ccc2ccccc2c1)C(C)C. The molecule has 3 rings (SSSR count). The van der Waals surface area contributed by atoms with E-state index in [4.69, 9.17) is 0 Å². The van der Waals surface area contributed by atoms with Crippen molar-refractivity contribution in [3.8, 4) is 0 Å². The third-order valence-electron chi connectivity index (χ3n) is 4.64. The van der Waals surface area contributed by atoms with Crippen molar-refractivity contribution in [3.05, 3.63) is 77.9 Å². The molecule has 3 aromatic rings. The van der Waals surface area contributed by atoms with E-state index in [2.05, 4.69) is 10.6 Å². The van der Waals surface area contributed by atoms with E-state index in [1.165, 1.54) is 0 Å². The van der Waals surface area contributed by atoms with Gasteiger partial charge in [-0.15, -0.1) is 0 Å². The first-order valence-corrected chi connectivity index (χ1v) is 9.12. The van der Waals surface area contributed by atoms with Gasteiger partial charge >= 0.3 is 0 Å². The summed E-state index contributed by atoms with van der Waals surface area (Å²) in [5.74, 6) is -0.499. The predicted octanol–water partition coefficient (Wildman–Crippen LogP) is 4.54. The van der Waals surface area contributed by atoms with Gasteiger partial charge in [-0.25, -0.2) is 0 Å². The molecule has 0 fully saturated rings. The molecule has 2 N–H and O–H groups in total. The van der Waals surface area contributed by atoms with E-state index in [0.29, 0.717) is 5.56 Å².